The van der Waals surface area contributed by atoms with Crippen LogP contribution in [0.3, 0.4) is 0 Å². The van der Waals surface area contributed by atoms with E-state index in [9.17, 15) is 14.7 Å². The molecule has 0 aromatic heterocycles. The zero-order chi connectivity index (χ0) is 21.5. The summed E-state index contributed by atoms with van der Waals surface area (Å²) in [5.41, 5.74) is 0.107. The fourth-order valence-electron chi connectivity index (χ4n) is 6.92. The van der Waals surface area contributed by atoms with E-state index in [4.69, 9.17) is 0 Å². The van der Waals surface area contributed by atoms with Gasteiger partial charge in [-0.15, -0.1) is 0 Å². The highest BCUT2D eigenvalue weighted by atomic mass is 16.3. The van der Waals surface area contributed by atoms with Crippen molar-refractivity contribution in [2.75, 3.05) is 0 Å². The Hall–Kier alpha value is -1.10. The van der Waals surface area contributed by atoms with Gasteiger partial charge in [-0.05, 0) is 74.5 Å². The number of rotatable bonds is 5. The van der Waals surface area contributed by atoms with Gasteiger partial charge in [0.25, 0.3) is 0 Å². The van der Waals surface area contributed by atoms with E-state index < -0.39 is 6.10 Å². The third kappa shape index (κ3) is 4.42. The van der Waals surface area contributed by atoms with Crippen LogP contribution in [0.15, 0.2) is 0 Å². The number of hydrogen-bond donors (Lipinski definition) is 3. The average Bonchev–Trinajstić information content (AvgIpc) is 3.56. The molecule has 7 unspecified atom stereocenters. The van der Waals surface area contributed by atoms with Crippen LogP contribution in [0.2, 0.25) is 0 Å². The summed E-state index contributed by atoms with van der Waals surface area (Å²) in [4.78, 5) is 25.4. The Bertz CT molecular complexity index is 642. The number of carbonyl (C=O) groups is 2. The minimum atomic E-state index is -0.480. The lowest BCUT2D eigenvalue weighted by molar-refractivity contribution is -0.144. The molecule has 170 valence electrons. The van der Waals surface area contributed by atoms with Crippen molar-refractivity contribution in [3.05, 3.63) is 0 Å². The zero-order valence-electron chi connectivity index (χ0n) is 19.2. The minimum Gasteiger partial charge on any atom is -0.392 e. The first kappa shape index (κ1) is 22.1. The van der Waals surface area contributed by atoms with Crippen molar-refractivity contribution in [3.63, 3.8) is 0 Å². The average molecular weight is 419 g/mol. The van der Waals surface area contributed by atoms with Crippen LogP contribution in [0.25, 0.3) is 0 Å². The summed E-state index contributed by atoms with van der Waals surface area (Å²) in [7, 11) is 0. The third-order valence-corrected chi connectivity index (χ3v) is 9.17. The van der Waals surface area contributed by atoms with Gasteiger partial charge in [0.2, 0.25) is 11.8 Å². The quantitative estimate of drug-likeness (QED) is 0.636. The molecule has 0 saturated heterocycles. The van der Waals surface area contributed by atoms with Crippen LogP contribution in [0, 0.1) is 35.0 Å². The summed E-state index contributed by atoms with van der Waals surface area (Å²) in [5, 5.41) is 18.1. The number of hydrogen-bond acceptors (Lipinski definition) is 3. The van der Waals surface area contributed by atoms with Gasteiger partial charge in [-0.3, -0.25) is 9.59 Å². The Kier molecular flexibility index (Phi) is 6.48. The summed E-state index contributed by atoms with van der Waals surface area (Å²) < 4.78 is 0. The van der Waals surface area contributed by atoms with Gasteiger partial charge in [-0.2, -0.15) is 0 Å². The van der Waals surface area contributed by atoms with Crippen molar-refractivity contribution < 1.29 is 14.7 Å². The lowest BCUT2D eigenvalue weighted by atomic mass is 9.51. The largest absolute Gasteiger partial charge is 0.392 e. The molecule has 4 fully saturated rings. The molecule has 4 rings (SSSR count). The second kappa shape index (κ2) is 8.80. The van der Waals surface area contributed by atoms with Gasteiger partial charge < -0.3 is 15.7 Å². The zero-order valence-corrected chi connectivity index (χ0v) is 19.2. The molecule has 0 radical (unpaired) electrons. The number of aliphatic hydroxyl groups is 1. The summed E-state index contributed by atoms with van der Waals surface area (Å²) in [5.74, 6) is 0.761. The number of amides is 2. The number of fused-ring (bicyclic) bond motifs is 1. The Morgan fingerprint density at radius 1 is 0.967 bits per heavy atom. The van der Waals surface area contributed by atoms with E-state index in [-0.39, 0.29) is 52.9 Å². The highest BCUT2D eigenvalue weighted by molar-refractivity contribution is 5.81. The normalized spacial score (nSPS) is 40.9. The maximum atomic E-state index is 13.0. The van der Waals surface area contributed by atoms with Crippen LogP contribution in [0.5, 0.6) is 0 Å². The van der Waals surface area contributed by atoms with E-state index in [1.54, 1.807) is 0 Å². The minimum absolute atomic E-state index is 0.00648. The number of nitrogens with one attached hydrogen (secondary N) is 2. The van der Waals surface area contributed by atoms with Crippen molar-refractivity contribution in [1.82, 2.24) is 10.6 Å². The van der Waals surface area contributed by atoms with Crippen LogP contribution < -0.4 is 10.6 Å². The predicted octanol–water partition coefficient (Wildman–Crippen LogP) is 3.79. The highest BCUT2D eigenvalue weighted by Crippen LogP contribution is 2.55. The summed E-state index contributed by atoms with van der Waals surface area (Å²) in [6.45, 7) is 6.53. The molecule has 7 atom stereocenters. The first-order valence-corrected chi connectivity index (χ1v) is 12.6. The molecule has 5 heteroatoms. The molecule has 4 aliphatic rings. The smallest absolute Gasteiger partial charge is 0.223 e. The Labute approximate surface area is 182 Å². The molecule has 0 aromatic carbocycles. The van der Waals surface area contributed by atoms with Gasteiger partial charge in [0.1, 0.15) is 0 Å². The molecule has 0 spiro atoms. The molecule has 4 saturated carbocycles. The van der Waals surface area contributed by atoms with Crippen molar-refractivity contribution in [3.8, 4) is 0 Å². The van der Waals surface area contributed by atoms with Crippen molar-refractivity contribution in [1.29, 1.82) is 0 Å². The lowest BCUT2D eigenvalue weighted by Crippen LogP contribution is -2.59. The molecular weight excluding hydrogens is 376 g/mol. The van der Waals surface area contributed by atoms with Crippen LogP contribution in [0.4, 0.5) is 0 Å². The fourth-order valence-corrected chi connectivity index (χ4v) is 6.92. The molecule has 3 N–H and O–H groups in total. The van der Waals surface area contributed by atoms with E-state index >= 15 is 0 Å². The van der Waals surface area contributed by atoms with Gasteiger partial charge in [-0.25, -0.2) is 0 Å². The summed E-state index contributed by atoms with van der Waals surface area (Å²) in [6, 6.07) is 0.464. The fraction of sp³-hybridized carbons (Fsp3) is 0.920. The first-order chi connectivity index (χ1) is 14.3. The molecule has 5 nitrogen and oxygen atoms in total. The van der Waals surface area contributed by atoms with Gasteiger partial charge in [0.05, 0.1) is 6.10 Å². The number of aliphatic hydroxyl groups excluding tert-OH is 1. The topological polar surface area (TPSA) is 78.4 Å². The molecule has 30 heavy (non-hydrogen) atoms. The molecule has 0 bridgehead atoms. The van der Waals surface area contributed by atoms with Gasteiger partial charge >= 0.3 is 0 Å². The van der Waals surface area contributed by atoms with Gasteiger partial charge in [0, 0.05) is 23.9 Å². The summed E-state index contributed by atoms with van der Waals surface area (Å²) in [6.07, 6.45) is 11.5. The second-order valence-corrected chi connectivity index (χ2v) is 11.3. The lowest BCUT2D eigenvalue weighted by Gasteiger charge is -2.56. The first-order valence-electron chi connectivity index (χ1n) is 12.6. The SMILES string of the molecule is CC(C(=O)NC1CCCCC1)C1CCC2(C)CCC(NC(=O)C3CC3)C(C)C2C1O. The third-order valence-electron chi connectivity index (χ3n) is 9.17. The van der Waals surface area contributed by atoms with Crippen molar-refractivity contribution in [2.24, 2.45) is 35.0 Å². The van der Waals surface area contributed by atoms with E-state index in [0.29, 0.717) is 6.04 Å². The van der Waals surface area contributed by atoms with Crippen molar-refractivity contribution in [2.45, 2.75) is 110 Å². The monoisotopic (exact) mass is 418 g/mol. The summed E-state index contributed by atoms with van der Waals surface area (Å²) >= 11 is 0. The standard InChI is InChI=1S/C25H42N2O3/c1-15(23(29)26-18-7-5-4-6-8-18)19-11-13-25(3)14-12-20(16(2)21(25)22(19)28)27-24(30)17-9-10-17/h15-22,28H,4-14H2,1-3H3,(H,26,29)(H,27,30). The molecule has 0 aromatic rings. The molecular formula is C25H42N2O3. The van der Waals surface area contributed by atoms with Crippen LogP contribution in [-0.4, -0.2) is 35.1 Å². The van der Waals surface area contributed by atoms with Gasteiger partial charge in [0.15, 0.2) is 0 Å². The highest BCUT2D eigenvalue weighted by Gasteiger charge is 2.54. The van der Waals surface area contributed by atoms with E-state index in [0.717, 1.165) is 51.4 Å². The van der Waals surface area contributed by atoms with Gasteiger partial charge in [-0.1, -0.05) is 40.0 Å². The molecule has 4 aliphatic carbocycles. The molecule has 2 amide bonds. The predicted molar refractivity (Wildman–Crippen MR) is 118 cm³/mol. The van der Waals surface area contributed by atoms with Crippen LogP contribution in [-0.2, 0) is 9.59 Å². The van der Waals surface area contributed by atoms with Crippen molar-refractivity contribution >= 4 is 11.8 Å². The maximum Gasteiger partial charge on any atom is 0.223 e. The number of carbonyl (C=O) groups excluding carboxylic acids is 2. The van der Waals surface area contributed by atoms with Crippen LogP contribution in [0.1, 0.15) is 91.4 Å². The van der Waals surface area contributed by atoms with E-state index in [2.05, 4.69) is 24.5 Å². The molecule has 0 heterocycles. The van der Waals surface area contributed by atoms with E-state index in [1.807, 2.05) is 6.92 Å². The maximum absolute atomic E-state index is 13.0. The molecule has 0 aliphatic heterocycles. The van der Waals surface area contributed by atoms with E-state index in [1.165, 1.54) is 19.3 Å². The Balaban J connectivity index is 1.41. The van der Waals surface area contributed by atoms with Crippen LogP contribution >= 0.6 is 0 Å². The second-order valence-electron chi connectivity index (χ2n) is 11.3. The Morgan fingerprint density at radius 2 is 1.63 bits per heavy atom. The Morgan fingerprint density at radius 3 is 2.30 bits per heavy atom.